The lowest BCUT2D eigenvalue weighted by atomic mass is 10.2. The van der Waals surface area contributed by atoms with Crippen molar-refractivity contribution in [1.29, 1.82) is 0 Å². The van der Waals surface area contributed by atoms with E-state index in [0.29, 0.717) is 9.81 Å². The van der Waals surface area contributed by atoms with Crippen LogP contribution in [-0.4, -0.2) is 16.1 Å². The van der Waals surface area contributed by atoms with Crippen molar-refractivity contribution in [2.45, 2.75) is 77.8 Å². The van der Waals surface area contributed by atoms with E-state index in [-0.39, 0.29) is 10.1 Å². The Hall–Kier alpha value is -0.00623. The molecule has 0 aromatic heterocycles. The smallest absolute Gasteiger partial charge is 0.133 e. The van der Waals surface area contributed by atoms with Crippen molar-refractivity contribution in [2.24, 2.45) is 0 Å². The Morgan fingerprint density at radius 2 is 0.864 bits per heavy atom. The van der Waals surface area contributed by atoms with Crippen LogP contribution < -0.4 is 0 Å². The Balaban J connectivity index is 5.49. The fourth-order valence-electron chi connectivity index (χ4n) is 0.924. The minimum atomic E-state index is -1.62. The van der Waals surface area contributed by atoms with Crippen LogP contribution in [0.1, 0.15) is 41.5 Å². The van der Waals surface area contributed by atoms with Gasteiger partial charge in [-0.1, -0.05) is 79.6 Å². The second-order valence-corrected chi connectivity index (χ2v) is 19.8. The lowest BCUT2D eigenvalue weighted by Crippen LogP contribution is -2.35. The molecule has 0 atom stereocenters. The third-order valence-corrected chi connectivity index (χ3v) is 14.8. The van der Waals surface area contributed by atoms with Crippen molar-refractivity contribution in [3.05, 3.63) is 9.81 Å². The first-order chi connectivity index (χ1) is 9.51. The molecule has 0 amide bonds. The van der Waals surface area contributed by atoms with Gasteiger partial charge in [0, 0.05) is 0 Å². The fraction of sp³-hybridized carbons (Fsp3) is 0.667. The monoisotopic (exact) mass is 368 g/mol. The van der Waals surface area contributed by atoms with Crippen LogP contribution in [0, 0.1) is 22.9 Å². The molecule has 0 saturated heterocycles. The van der Waals surface area contributed by atoms with E-state index in [1.807, 2.05) is 0 Å². The molecular weight excluding hydrogens is 337 g/mol. The van der Waals surface area contributed by atoms with Gasteiger partial charge in [0.05, 0.1) is 9.81 Å². The highest BCUT2D eigenvalue weighted by molar-refractivity contribution is 7.89. The number of hydrogen-bond acceptors (Lipinski definition) is 2. The zero-order chi connectivity index (χ0) is 18.0. The van der Waals surface area contributed by atoms with Gasteiger partial charge >= 0.3 is 0 Å². The van der Waals surface area contributed by atoms with Gasteiger partial charge in [0.15, 0.2) is 0 Å². The minimum Gasteiger partial charge on any atom is -0.133 e. The van der Waals surface area contributed by atoms with Crippen LogP contribution in [0.25, 0.3) is 0 Å². The molecule has 0 heterocycles. The summed E-state index contributed by atoms with van der Waals surface area (Å²) in [4.78, 5) is 1.39. The second kappa shape index (κ2) is 7.26. The van der Waals surface area contributed by atoms with E-state index in [1.165, 1.54) is 0 Å². The molecule has 0 unspecified atom stereocenters. The van der Waals surface area contributed by atoms with Gasteiger partial charge in [0.2, 0.25) is 0 Å². The van der Waals surface area contributed by atoms with Crippen LogP contribution in [0.5, 0.6) is 0 Å². The molecule has 0 aliphatic rings. The van der Waals surface area contributed by atoms with E-state index in [4.69, 9.17) is 0 Å². The Morgan fingerprint density at radius 1 is 0.636 bits per heavy atom. The SMILES string of the molecule is CC(C)(C)[Si](C)(C)C#C/C(S)=C(\S)C#C[Si](C)(C)C(C)(C)C. The van der Waals surface area contributed by atoms with E-state index in [9.17, 15) is 0 Å². The Bertz CT molecular complexity index is 511. The molecule has 0 radical (unpaired) electrons. The third kappa shape index (κ3) is 6.24. The highest BCUT2D eigenvalue weighted by Crippen LogP contribution is 2.36. The van der Waals surface area contributed by atoms with Gasteiger partial charge in [-0.25, -0.2) is 0 Å². The van der Waals surface area contributed by atoms with E-state index >= 15 is 0 Å². The first-order valence-corrected chi connectivity index (χ1v) is 14.6. The average Bonchev–Trinajstić information content (AvgIpc) is 2.30. The van der Waals surface area contributed by atoms with Gasteiger partial charge in [-0.05, 0) is 10.1 Å². The Labute approximate surface area is 151 Å². The van der Waals surface area contributed by atoms with E-state index in [0.717, 1.165) is 0 Å². The first-order valence-electron chi connectivity index (χ1n) is 7.70. The van der Waals surface area contributed by atoms with Crippen molar-refractivity contribution in [2.75, 3.05) is 0 Å². The second-order valence-electron chi connectivity index (χ2n) is 8.95. The highest BCUT2D eigenvalue weighted by Gasteiger charge is 2.34. The fourth-order valence-corrected chi connectivity index (χ4v) is 2.98. The standard InChI is InChI=1S/C18H32S2Si2/c1-17(2,3)21(7,8)13-11-15(19)16(20)12-14-22(9,10)18(4,5)6/h19-20H,1-10H3/b16-15+. The summed E-state index contributed by atoms with van der Waals surface area (Å²) < 4.78 is 0. The molecule has 0 nitrogen and oxygen atoms in total. The molecule has 0 bridgehead atoms. The first kappa shape index (κ1) is 22.0. The molecule has 4 heteroatoms. The summed E-state index contributed by atoms with van der Waals surface area (Å²) in [6, 6.07) is 0. The molecule has 0 spiro atoms. The topological polar surface area (TPSA) is 0 Å². The van der Waals surface area contributed by atoms with Crippen LogP contribution in [0.2, 0.25) is 36.3 Å². The molecule has 0 rings (SSSR count). The minimum absolute atomic E-state index is 0.248. The largest absolute Gasteiger partial charge is 0.138 e. The lowest BCUT2D eigenvalue weighted by Gasteiger charge is -2.31. The molecule has 0 aromatic rings. The van der Waals surface area contributed by atoms with Crippen molar-refractivity contribution in [3.8, 4) is 22.9 Å². The van der Waals surface area contributed by atoms with Gasteiger partial charge < -0.3 is 0 Å². The number of rotatable bonds is 0. The molecule has 22 heavy (non-hydrogen) atoms. The maximum atomic E-state index is 4.50. The summed E-state index contributed by atoms with van der Waals surface area (Å²) in [5.41, 5.74) is 6.91. The molecule has 0 aromatic carbocycles. The molecular formula is C18H32S2Si2. The Morgan fingerprint density at radius 3 is 1.05 bits per heavy atom. The molecule has 0 fully saturated rings. The third-order valence-electron chi connectivity index (χ3n) is 4.96. The molecule has 0 N–H and O–H groups in total. The predicted octanol–water partition coefficient (Wildman–Crippen LogP) is 6.16. The quantitative estimate of drug-likeness (QED) is 0.285. The van der Waals surface area contributed by atoms with Crippen molar-refractivity contribution in [1.82, 2.24) is 0 Å². The predicted molar refractivity (Wildman–Crippen MR) is 115 cm³/mol. The average molecular weight is 369 g/mol. The number of thiol groups is 2. The van der Waals surface area contributed by atoms with Crippen LogP contribution in [0.3, 0.4) is 0 Å². The molecule has 124 valence electrons. The number of hydrogen-bond donors (Lipinski definition) is 2. The summed E-state index contributed by atoms with van der Waals surface area (Å²) in [6.45, 7) is 22.7. The highest BCUT2D eigenvalue weighted by atomic mass is 32.1. The molecule has 0 aliphatic heterocycles. The van der Waals surface area contributed by atoms with Crippen LogP contribution in [0.4, 0.5) is 0 Å². The van der Waals surface area contributed by atoms with Gasteiger partial charge in [-0.2, -0.15) is 0 Å². The normalized spacial score (nSPS) is 14.4. The van der Waals surface area contributed by atoms with Gasteiger partial charge in [-0.15, -0.1) is 36.3 Å². The molecule has 0 saturated carbocycles. The van der Waals surface area contributed by atoms with E-state index in [2.05, 4.69) is 116 Å². The van der Waals surface area contributed by atoms with Gasteiger partial charge in [0.25, 0.3) is 0 Å². The number of allylic oxidation sites excluding steroid dienone is 2. The van der Waals surface area contributed by atoms with E-state index in [1.54, 1.807) is 0 Å². The molecule has 0 aliphatic carbocycles. The van der Waals surface area contributed by atoms with Gasteiger partial charge in [0.1, 0.15) is 16.1 Å². The maximum absolute atomic E-state index is 4.50. The van der Waals surface area contributed by atoms with E-state index < -0.39 is 16.1 Å². The summed E-state index contributed by atoms with van der Waals surface area (Å²) in [5.74, 6) is 6.39. The summed E-state index contributed by atoms with van der Waals surface area (Å²) in [7, 11) is -3.24. The lowest BCUT2D eigenvalue weighted by molar-refractivity contribution is 0.730. The van der Waals surface area contributed by atoms with Crippen LogP contribution in [-0.2, 0) is 0 Å². The van der Waals surface area contributed by atoms with Gasteiger partial charge in [-0.3, -0.25) is 0 Å². The van der Waals surface area contributed by atoms with Crippen molar-refractivity contribution in [3.63, 3.8) is 0 Å². The summed E-state index contributed by atoms with van der Waals surface area (Å²) in [5, 5.41) is 0.495. The maximum Gasteiger partial charge on any atom is 0.138 e. The van der Waals surface area contributed by atoms with Crippen molar-refractivity contribution < 1.29 is 0 Å². The Kier molecular flexibility index (Phi) is 7.26. The van der Waals surface area contributed by atoms with Crippen LogP contribution >= 0.6 is 25.3 Å². The summed E-state index contributed by atoms with van der Waals surface area (Å²) >= 11 is 9.00. The zero-order valence-corrected chi connectivity index (χ0v) is 19.7. The van der Waals surface area contributed by atoms with Crippen molar-refractivity contribution >= 4 is 41.4 Å². The summed E-state index contributed by atoms with van der Waals surface area (Å²) in [6.07, 6.45) is 0. The van der Waals surface area contributed by atoms with Crippen LogP contribution in [0.15, 0.2) is 9.81 Å². The zero-order valence-electron chi connectivity index (χ0n) is 15.9.